The summed E-state index contributed by atoms with van der Waals surface area (Å²) in [6, 6.07) is 3.80. The molecule has 0 aromatic carbocycles. The number of hydrogen-bond donors (Lipinski definition) is 1. The summed E-state index contributed by atoms with van der Waals surface area (Å²) >= 11 is 1.48. The van der Waals surface area contributed by atoms with E-state index < -0.39 is 0 Å². The minimum atomic E-state index is -0.0656. The third-order valence-electron chi connectivity index (χ3n) is 4.12. The lowest BCUT2D eigenvalue weighted by Gasteiger charge is -2.32. The van der Waals surface area contributed by atoms with E-state index in [1.165, 1.54) is 35.1 Å². The zero-order valence-electron chi connectivity index (χ0n) is 12.4. The minimum Gasteiger partial charge on any atom is -0.492 e. The van der Waals surface area contributed by atoms with Gasteiger partial charge in [0.05, 0.1) is 11.1 Å². The van der Waals surface area contributed by atoms with Gasteiger partial charge in [0.2, 0.25) is 10.8 Å². The van der Waals surface area contributed by atoms with E-state index >= 15 is 0 Å². The Bertz CT molecular complexity index is 771. The van der Waals surface area contributed by atoms with Crippen molar-refractivity contribution in [2.45, 2.75) is 32.2 Å². The van der Waals surface area contributed by atoms with Crippen molar-refractivity contribution in [3.8, 4) is 5.88 Å². The number of nitrogens with zero attached hydrogens (tertiary/aromatic N) is 4. The summed E-state index contributed by atoms with van der Waals surface area (Å²) in [4.78, 5) is 8.31. The van der Waals surface area contributed by atoms with Gasteiger partial charge in [-0.2, -0.15) is 4.52 Å². The van der Waals surface area contributed by atoms with Crippen LogP contribution in [0.3, 0.4) is 0 Å². The smallest absolute Gasteiger partial charge is 0.230 e. The molecule has 7 heteroatoms. The van der Waals surface area contributed by atoms with Gasteiger partial charge in [0.25, 0.3) is 0 Å². The van der Waals surface area contributed by atoms with E-state index in [0.29, 0.717) is 5.82 Å². The van der Waals surface area contributed by atoms with E-state index in [1.807, 2.05) is 19.1 Å². The van der Waals surface area contributed by atoms with Gasteiger partial charge < -0.3 is 9.52 Å². The topological polar surface area (TPSA) is 66.8 Å². The number of aryl methyl sites for hydroxylation is 1. The molecule has 4 heterocycles. The van der Waals surface area contributed by atoms with Crippen LogP contribution in [0.25, 0.3) is 4.96 Å². The van der Waals surface area contributed by atoms with E-state index in [4.69, 9.17) is 4.42 Å². The van der Waals surface area contributed by atoms with Crippen molar-refractivity contribution in [3.05, 3.63) is 34.9 Å². The second kappa shape index (κ2) is 5.40. The first-order chi connectivity index (χ1) is 10.7. The van der Waals surface area contributed by atoms with Crippen LogP contribution >= 0.6 is 11.3 Å². The van der Waals surface area contributed by atoms with Crippen molar-refractivity contribution in [1.29, 1.82) is 0 Å². The van der Waals surface area contributed by atoms with Crippen LogP contribution in [-0.4, -0.2) is 37.7 Å². The van der Waals surface area contributed by atoms with Crippen molar-refractivity contribution < 1.29 is 9.52 Å². The van der Waals surface area contributed by atoms with Crippen molar-refractivity contribution >= 4 is 16.3 Å². The summed E-state index contributed by atoms with van der Waals surface area (Å²) in [7, 11) is 0. The van der Waals surface area contributed by atoms with Gasteiger partial charge in [0.15, 0.2) is 0 Å². The van der Waals surface area contributed by atoms with Gasteiger partial charge in [0.1, 0.15) is 17.6 Å². The lowest BCUT2D eigenvalue weighted by molar-refractivity contribution is 0.169. The number of aromatic nitrogens is 3. The Hall–Kier alpha value is -1.86. The molecule has 0 spiro atoms. The molecule has 6 nitrogen and oxygen atoms in total. The Labute approximate surface area is 132 Å². The SMILES string of the molecule is Cc1nc2sc([C@@H](c3ccco3)N3CCCCC3)c(O)n2n1. The lowest BCUT2D eigenvalue weighted by Crippen LogP contribution is -2.33. The zero-order chi connectivity index (χ0) is 15.1. The van der Waals surface area contributed by atoms with Gasteiger partial charge in [-0.05, 0) is 45.0 Å². The molecule has 1 saturated heterocycles. The second-order valence-electron chi connectivity index (χ2n) is 5.66. The molecule has 3 aromatic heterocycles. The van der Waals surface area contributed by atoms with E-state index in [1.54, 1.807) is 6.26 Å². The van der Waals surface area contributed by atoms with Crippen molar-refractivity contribution in [1.82, 2.24) is 19.5 Å². The van der Waals surface area contributed by atoms with Crippen molar-refractivity contribution in [2.24, 2.45) is 0 Å². The van der Waals surface area contributed by atoms with Gasteiger partial charge >= 0.3 is 0 Å². The summed E-state index contributed by atoms with van der Waals surface area (Å²) in [5, 5.41) is 14.9. The molecule has 22 heavy (non-hydrogen) atoms. The first-order valence-corrected chi connectivity index (χ1v) is 8.38. The van der Waals surface area contributed by atoms with Crippen LogP contribution in [0.2, 0.25) is 0 Å². The Balaban J connectivity index is 1.81. The Morgan fingerprint density at radius 1 is 1.32 bits per heavy atom. The van der Waals surface area contributed by atoms with Gasteiger partial charge in [-0.15, -0.1) is 5.10 Å². The summed E-state index contributed by atoms with van der Waals surface area (Å²) in [5.74, 6) is 1.70. The molecular formula is C15H18N4O2S. The molecular weight excluding hydrogens is 300 g/mol. The molecule has 3 aromatic rings. The van der Waals surface area contributed by atoms with Crippen LogP contribution in [0.4, 0.5) is 0 Å². The Morgan fingerprint density at radius 3 is 2.82 bits per heavy atom. The molecule has 0 saturated carbocycles. The summed E-state index contributed by atoms with van der Waals surface area (Å²) in [6.07, 6.45) is 5.31. The number of fused-ring (bicyclic) bond motifs is 1. The maximum Gasteiger partial charge on any atom is 0.230 e. The molecule has 1 atom stereocenters. The van der Waals surface area contributed by atoms with Gasteiger partial charge in [-0.25, -0.2) is 4.98 Å². The molecule has 1 aliphatic rings. The third kappa shape index (κ3) is 2.21. The Morgan fingerprint density at radius 2 is 2.14 bits per heavy atom. The van der Waals surface area contributed by atoms with Gasteiger partial charge in [0, 0.05) is 0 Å². The molecule has 116 valence electrons. The highest BCUT2D eigenvalue weighted by Crippen LogP contribution is 2.40. The minimum absolute atomic E-state index is 0.0656. The number of aromatic hydroxyl groups is 1. The standard InChI is InChI=1S/C15H18N4O2S/c1-10-16-15-19(17-10)14(20)13(22-15)12(11-6-5-9-21-11)18-7-3-2-4-8-18/h5-6,9,12,20H,2-4,7-8H2,1H3/t12-/m1/s1. The number of rotatable bonds is 3. The average Bonchev–Trinajstić information content (AvgIpc) is 3.22. The van der Waals surface area contributed by atoms with Gasteiger partial charge in [-0.1, -0.05) is 17.8 Å². The fourth-order valence-electron chi connectivity index (χ4n) is 3.12. The molecule has 0 amide bonds. The number of likely N-dealkylation sites (tertiary alicyclic amines) is 1. The highest BCUT2D eigenvalue weighted by Gasteiger charge is 2.31. The summed E-state index contributed by atoms with van der Waals surface area (Å²) in [6.45, 7) is 3.85. The summed E-state index contributed by atoms with van der Waals surface area (Å²) in [5.41, 5.74) is 0. The molecule has 1 aliphatic heterocycles. The van der Waals surface area contributed by atoms with Crippen molar-refractivity contribution in [2.75, 3.05) is 13.1 Å². The van der Waals surface area contributed by atoms with Crippen LogP contribution < -0.4 is 0 Å². The fourth-order valence-corrected chi connectivity index (χ4v) is 4.27. The monoisotopic (exact) mass is 318 g/mol. The normalized spacial score (nSPS) is 18.0. The summed E-state index contributed by atoms with van der Waals surface area (Å²) < 4.78 is 7.18. The molecule has 1 fully saturated rings. The van der Waals surface area contributed by atoms with Crippen molar-refractivity contribution in [3.63, 3.8) is 0 Å². The third-order valence-corrected chi connectivity index (χ3v) is 5.19. The molecule has 0 unspecified atom stereocenters. The van der Waals surface area contributed by atoms with E-state index in [-0.39, 0.29) is 11.9 Å². The predicted molar refractivity (Wildman–Crippen MR) is 83.2 cm³/mol. The first kappa shape index (κ1) is 13.8. The molecule has 4 rings (SSSR count). The van der Waals surface area contributed by atoms with Crippen LogP contribution in [0, 0.1) is 6.92 Å². The van der Waals surface area contributed by atoms with E-state index in [2.05, 4.69) is 15.0 Å². The number of piperidine rings is 1. The van der Waals surface area contributed by atoms with Gasteiger partial charge in [-0.3, -0.25) is 4.90 Å². The first-order valence-electron chi connectivity index (χ1n) is 7.56. The van der Waals surface area contributed by atoms with Crippen LogP contribution in [-0.2, 0) is 0 Å². The average molecular weight is 318 g/mol. The van der Waals surface area contributed by atoms with Crippen LogP contribution in [0.15, 0.2) is 22.8 Å². The maximum absolute atomic E-state index is 10.6. The van der Waals surface area contributed by atoms with E-state index in [0.717, 1.165) is 28.7 Å². The number of thiazole rings is 1. The molecule has 1 N–H and O–H groups in total. The highest BCUT2D eigenvalue weighted by molar-refractivity contribution is 7.17. The number of hydrogen-bond acceptors (Lipinski definition) is 6. The molecule has 0 radical (unpaired) electrons. The molecule has 0 bridgehead atoms. The second-order valence-corrected chi connectivity index (χ2v) is 6.67. The van der Waals surface area contributed by atoms with E-state index in [9.17, 15) is 5.11 Å². The Kier molecular flexibility index (Phi) is 3.38. The van der Waals surface area contributed by atoms with Crippen LogP contribution in [0.5, 0.6) is 5.88 Å². The fraction of sp³-hybridized carbons (Fsp3) is 0.467. The lowest BCUT2D eigenvalue weighted by atomic mass is 10.1. The predicted octanol–water partition coefficient (Wildman–Crippen LogP) is 2.97. The number of furan rings is 1. The molecule has 0 aliphatic carbocycles. The maximum atomic E-state index is 10.6. The quantitative estimate of drug-likeness (QED) is 0.804. The highest BCUT2D eigenvalue weighted by atomic mass is 32.1. The zero-order valence-corrected chi connectivity index (χ0v) is 13.2. The largest absolute Gasteiger partial charge is 0.492 e. The van der Waals surface area contributed by atoms with Crippen LogP contribution in [0.1, 0.15) is 41.8 Å².